The molecule has 0 radical (unpaired) electrons. The first-order chi connectivity index (χ1) is 15.2. The summed E-state index contributed by atoms with van der Waals surface area (Å²) in [4.78, 5) is 16.4. The summed E-state index contributed by atoms with van der Waals surface area (Å²) in [7, 11) is 0. The van der Waals surface area contributed by atoms with Gasteiger partial charge in [0, 0.05) is 23.7 Å². The van der Waals surface area contributed by atoms with Gasteiger partial charge >= 0.3 is 0 Å². The third-order valence-electron chi connectivity index (χ3n) is 5.55. The van der Waals surface area contributed by atoms with Crippen LogP contribution in [0, 0.1) is 0 Å². The van der Waals surface area contributed by atoms with E-state index in [-0.39, 0.29) is 12.3 Å². The Morgan fingerprint density at radius 1 is 1.16 bits per heavy atom. The van der Waals surface area contributed by atoms with E-state index in [2.05, 4.69) is 49.3 Å². The second-order valence-corrected chi connectivity index (χ2v) is 7.53. The summed E-state index contributed by atoms with van der Waals surface area (Å²) < 4.78 is 0. The van der Waals surface area contributed by atoms with Crippen LogP contribution in [-0.2, 0) is 6.54 Å². The van der Waals surface area contributed by atoms with Crippen molar-refractivity contribution in [3.8, 4) is 0 Å². The summed E-state index contributed by atoms with van der Waals surface area (Å²) in [5.41, 5.74) is 9.64. The van der Waals surface area contributed by atoms with Crippen LogP contribution in [0.4, 0.5) is 0 Å². The van der Waals surface area contributed by atoms with Crippen molar-refractivity contribution in [2.45, 2.75) is 25.3 Å². The zero-order valence-electron chi connectivity index (χ0n) is 16.8. The van der Waals surface area contributed by atoms with E-state index in [1.165, 1.54) is 5.56 Å². The van der Waals surface area contributed by atoms with Crippen LogP contribution in [-0.4, -0.2) is 28.5 Å². The average molecular weight is 413 g/mol. The van der Waals surface area contributed by atoms with Gasteiger partial charge in [-0.15, -0.1) is 0 Å². The molecule has 31 heavy (non-hydrogen) atoms. The van der Waals surface area contributed by atoms with Crippen LogP contribution < -0.4 is 21.7 Å². The molecular weight excluding hydrogens is 390 g/mol. The monoisotopic (exact) mass is 413 g/mol. The quantitative estimate of drug-likeness (QED) is 0.439. The highest BCUT2D eigenvalue weighted by atomic mass is 16.1. The topological polar surface area (TPSA) is 120 Å². The van der Waals surface area contributed by atoms with E-state index >= 15 is 0 Å². The van der Waals surface area contributed by atoms with E-state index in [0.29, 0.717) is 17.6 Å². The molecule has 2 aliphatic rings. The van der Waals surface area contributed by atoms with Crippen LogP contribution in [0.3, 0.4) is 0 Å². The molecule has 0 aliphatic carbocycles. The molecule has 2 unspecified atom stereocenters. The Hall–Kier alpha value is -3.75. The summed E-state index contributed by atoms with van der Waals surface area (Å²) in [6.45, 7) is 0.713. The van der Waals surface area contributed by atoms with E-state index < -0.39 is 5.91 Å². The minimum atomic E-state index is -0.500. The number of H-pyrrole nitrogens is 1. The Balaban J connectivity index is 1.48. The molecule has 2 aromatic carbocycles. The highest BCUT2D eigenvalue weighted by molar-refractivity contribution is 6.05. The summed E-state index contributed by atoms with van der Waals surface area (Å²) in [5, 5.41) is 19.0. The maximum atomic E-state index is 11.8. The zero-order chi connectivity index (χ0) is 21.2. The SMILES string of the molecule is NC(=O)c1cccc2c(C3NC4=C(CC=CC=N4)C(NCc4ccccc4)N3)[nH]nc12. The molecule has 3 heterocycles. The normalized spacial score (nSPS) is 20.4. The van der Waals surface area contributed by atoms with Crippen LogP contribution in [0.5, 0.6) is 0 Å². The predicted octanol–water partition coefficient (Wildman–Crippen LogP) is 2.21. The third-order valence-corrected chi connectivity index (χ3v) is 5.55. The molecule has 2 atom stereocenters. The summed E-state index contributed by atoms with van der Waals surface area (Å²) in [6.07, 6.45) is 6.24. The molecule has 6 N–H and O–H groups in total. The van der Waals surface area contributed by atoms with Crippen molar-refractivity contribution < 1.29 is 4.79 Å². The van der Waals surface area contributed by atoms with E-state index in [0.717, 1.165) is 28.9 Å². The van der Waals surface area contributed by atoms with Gasteiger partial charge in [-0.25, -0.2) is 4.99 Å². The van der Waals surface area contributed by atoms with E-state index in [1.54, 1.807) is 12.3 Å². The number of nitrogens with two attached hydrogens (primary N) is 1. The Kier molecular flexibility index (Phi) is 5.07. The summed E-state index contributed by atoms with van der Waals surface area (Å²) in [6, 6.07) is 15.7. The Labute approximate surface area is 179 Å². The number of aliphatic imine (C=N–C) groups is 1. The van der Waals surface area contributed by atoms with Crippen molar-refractivity contribution in [2.24, 2.45) is 10.7 Å². The Morgan fingerprint density at radius 3 is 2.87 bits per heavy atom. The molecule has 8 nitrogen and oxygen atoms in total. The van der Waals surface area contributed by atoms with Crippen molar-refractivity contribution in [2.75, 3.05) is 0 Å². The number of hydrogen-bond donors (Lipinski definition) is 5. The maximum absolute atomic E-state index is 11.8. The molecule has 3 aromatic rings. The van der Waals surface area contributed by atoms with Gasteiger partial charge in [-0.2, -0.15) is 5.10 Å². The molecule has 156 valence electrons. The Bertz CT molecular complexity index is 1210. The predicted molar refractivity (Wildman–Crippen MR) is 120 cm³/mol. The Morgan fingerprint density at radius 2 is 2.03 bits per heavy atom. The number of carbonyl (C=O) groups excluding carboxylic acids is 1. The standard InChI is InChI=1S/C23H23N7O/c24-20(31)16-11-6-10-15-18(16)29-30-19(15)23-27-21-17(9-4-5-12-25-21)22(28-23)26-13-14-7-2-1-3-8-14/h1-8,10-12,22-23,26-28H,9,13H2,(H2,24,31)(H,29,30). The molecule has 5 rings (SSSR count). The number of aromatic amines is 1. The first-order valence-corrected chi connectivity index (χ1v) is 10.2. The van der Waals surface area contributed by atoms with Crippen LogP contribution in [0.2, 0.25) is 0 Å². The highest BCUT2D eigenvalue weighted by Crippen LogP contribution is 2.29. The molecule has 0 spiro atoms. The number of nitrogens with zero attached hydrogens (tertiary/aromatic N) is 2. The van der Waals surface area contributed by atoms with Gasteiger partial charge in [-0.3, -0.25) is 20.5 Å². The van der Waals surface area contributed by atoms with Gasteiger partial charge < -0.3 is 11.1 Å². The van der Waals surface area contributed by atoms with Gasteiger partial charge in [-0.05, 0) is 24.1 Å². The zero-order valence-corrected chi connectivity index (χ0v) is 16.8. The van der Waals surface area contributed by atoms with Gasteiger partial charge in [0.1, 0.15) is 17.5 Å². The average Bonchev–Trinajstić information content (AvgIpc) is 3.08. The second-order valence-electron chi connectivity index (χ2n) is 7.53. The van der Waals surface area contributed by atoms with E-state index in [4.69, 9.17) is 5.73 Å². The first kappa shape index (κ1) is 19.2. The number of fused-ring (bicyclic) bond motifs is 1. The smallest absolute Gasteiger partial charge is 0.250 e. The fourth-order valence-electron chi connectivity index (χ4n) is 4.01. The third kappa shape index (κ3) is 3.74. The fraction of sp³-hybridized carbons (Fsp3) is 0.174. The van der Waals surface area contributed by atoms with Crippen LogP contribution >= 0.6 is 0 Å². The van der Waals surface area contributed by atoms with Crippen LogP contribution in [0.1, 0.15) is 34.2 Å². The number of amides is 1. The largest absolute Gasteiger partial charge is 0.366 e. The number of primary amides is 1. The van der Waals surface area contributed by atoms with Gasteiger partial charge in [-0.1, -0.05) is 48.5 Å². The van der Waals surface area contributed by atoms with Gasteiger partial charge in [0.25, 0.3) is 5.91 Å². The van der Waals surface area contributed by atoms with Crippen LogP contribution in [0.25, 0.3) is 10.9 Å². The molecule has 0 fully saturated rings. The molecule has 2 aliphatic heterocycles. The molecule has 0 bridgehead atoms. The molecular formula is C23H23N7O. The molecule has 0 saturated carbocycles. The minimum absolute atomic E-state index is 0.0981. The molecule has 0 saturated heterocycles. The number of benzene rings is 2. The van der Waals surface area contributed by atoms with Crippen LogP contribution in [0.15, 0.2) is 77.1 Å². The second kappa shape index (κ2) is 8.17. The fourth-order valence-corrected chi connectivity index (χ4v) is 4.01. The van der Waals surface area contributed by atoms with Crippen molar-refractivity contribution >= 4 is 23.0 Å². The molecule has 1 aromatic heterocycles. The summed E-state index contributed by atoms with van der Waals surface area (Å²) in [5.74, 6) is 0.327. The van der Waals surface area contributed by atoms with Gasteiger partial charge in [0.15, 0.2) is 0 Å². The lowest BCUT2D eigenvalue weighted by atomic mass is 10.0. The lowest BCUT2D eigenvalue weighted by Gasteiger charge is -2.35. The molecule has 8 heteroatoms. The number of aromatic nitrogens is 2. The number of para-hydroxylation sites is 1. The summed E-state index contributed by atoms with van der Waals surface area (Å²) >= 11 is 0. The molecule has 1 amide bonds. The van der Waals surface area contributed by atoms with E-state index in [9.17, 15) is 4.79 Å². The van der Waals surface area contributed by atoms with Crippen molar-refractivity contribution in [1.29, 1.82) is 0 Å². The van der Waals surface area contributed by atoms with Crippen molar-refractivity contribution in [3.05, 3.63) is 88.9 Å². The number of allylic oxidation sites excluding steroid dienone is 2. The number of rotatable bonds is 5. The van der Waals surface area contributed by atoms with E-state index in [1.807, 2.05) is 36.4 Å². The van der Waals surface area contributed by atoms with Crippen molar-refractivity contribution in [3.63, 3.8) is 0 Å². The highest BCUT2D eigenvalue weighted by Gasteiger charge is 2.30. The minimum Gasteiger partial charge on any atom is -0.366 e. The van der Waals surface area contributed by atoms with Crippen molar-refractivity contribution in [1.82, 2.24) is 26.1 Å². The lowest BCUT2D eigenvalue weighted by Crippen LogP contribution is -2.53. The number of carbonyl (C=O) groups is 1. The number of hydrogen-bond acceptors (Lipinski definition) is 6. The first-order valence-electron chi connectivity index (χ1n) is 10.2. The lowest BCUT2D eigenvalue weighted by molar-refractivity contribution is 0.100. The van der Waals surface area contributed by atoms with Gasteiger partial charge in [0.2, 0.25) is 0 Å². The van der Waals surface area contributed by atoms with Gasteiger partial charge in [0.05, 0.1) is 17.4 Å². The number of nitrogens with one attached hydrogen (secondary N) is 4. The maximum Gasteiger partial charge on any atom is 0.250 e.